The van der Waals surface area contributed by atoms with Crippen molar-refractivity contribution >= 4 is 23.2 Å². The monoisotopic (exact) mass is 408 g/mol. The van der Waals surface area contributed by atoms with Crippen molar-refractivity contribution in [3.8, 4) is 5.75 Å². The van der Waals surface area contributed by atoms with Crippen LogP contribution in [0.4, 0.5) is 11.4 Å². The normalized spacial score (nSPS) is 26.2. The van der Waals surface area contributed by atoms with E-state index in [9.17, 15) is 19.7 Å². The van der Waals surface area contributed by atoms with Crippen molar-refractivity contribution in [2.24, 2.45) is 5.92 Å². The summed E-state index contributed by atoms with van der Waals surface area (Å²) in [5.74, 6) is -0.342. The topological polar surface area (TPSA) is 96.2 Å². The van der Waals surface area contributed by atoms with Gasteiger partial charge in [-0.05, 0) is 36.2 Å². The molecular weight excluding hydrogens is 388 g/mol. The molecule has 5 rings (SSSR count). The van der Waals surface area contributed by atoms with Gasteiger partial charge >= 0.3 is 0 Å². The van der Waals surface area contributed by atoms with Gasteiger partial charge in [0.2, 0.25) is 5.91 Å². The minimum absolute atomic E-state index is 0.0835. The summed E-state index contributed by atoms with van der Waals surface area (Å²) in [7, 11) is 1.60. The Labute approximate surface area is 172 Å². The second-order valence-electron chi connectivity index (χ2n) is 7.65. The number of hydrazine groups is 1. The first-order valence-corrected chi connectivity index (χ1v) is 9.80. The summed E-state index contributed by atoms with van der Waals surface area (Å²) in [5, 5.41) is 15.1. The number of carbonyl (C=O) groups excluding carboxylic acids is 2. The largest absolute Gasteiger partial charge is 0.497 e. The third-order valence-corrected chi connectivity index (χ3v) is 6.18. The Bertz CT molecular complexity index is 1020. The van der Waals surface area contributed by atoms with E-state index >= 15 is 0 Å². The summed E-state index contributed by atoms with van der Waals surface area (Å²) in [6.07, 6.45) is 0.925. The molecule has 3 aliphatic heterocycles. The first-order valence-electron chi connectivity index (χ1n) is 9.80. The molecule has 0 bridgehead atoms. The Morgan fingerprint density at radius 2 is 1.57 bits per heavy atom. The van der Waals surface area contributed by atoms with Crippen LogP contribution in [-0.2, 0) is 9.59 Å². The summed E-state index contributed by atoms with van der Waals surface area (Å²) in [6.45, 7) is 1.52. The van der Waals surface area contributed by atoms with Crippen LogP contribution in [0.3, 0.4) is 0 Å². The number of fused-ring (bicyclic) bond motifs is 3. The predicted octanol–water partition coefficient (Wildman–Crippen LogP) is 2.14. The highest BCUT2D eigenvalue weighted by Gasteiger charge is 2.62. The van der Waals surface area contributed by atoms with Crippen LogP contribution in [0.5, 0.6) is 5.75 Å². The molecule has 30 heavy (non-hydrogen) atoms. The van der Waals surface area contributed by atoms with Crippen LogP contribution in [-0.4, -0.2) is 53.0 Å². The van der Waals surface area contributed by atoms with E-state index in [1.807, 2.05) is 29.3 Å². The quantitative estimate of drug-likeness (QED) is 0.434. The minimum Gasteiger partial charge on any atom is -0.497 e. The number of hydrogen-bond acceptors (Lipinski definition) is 7. The molecular formula is C21H20N4O5. The third-order valence-electron chi connectivity index (χ3n) is 6.18. The van der Waals surface area contributed by atoms with E-state index in [1.165, 1.54) is 29.2 Å². The lowest BCUT2D eigenvalue weighted by Gasteiger charge is -2.29. The maximum Gasteiger partial charge on any atom is 0.269 e. The zero-order valence-electron chi connectivity index (χ0n) is 16.3. The molecule has 3 saturated heterocycles. The Balaban J connectivity index is 1.52. The molecule has 9 heteroatoms. The van der Waals surface area contributed by atoms with Crippen LogP contribution in [0.15, 0.2) is 48.5 Å². The number of rotatable bonds is 4. The van der Waals surface area contributed by atoms with Crippen molar-refractivity contribution in [2.45, 2.75) is 18.5 Å². The van der Waals surface area contributed by atoms with Crippen molar-refractivity contribution < 1.29 is 19.2 Å². The Morgan fingerprint density at radius 3 is 2.17 bits per heavy atom. The summed E-state index contributed by atoms with van der Waals surface area (Å²) >= 11 is 0. The summed E-state index contributed by atoms with van der Waals surface area (Å²) < 4.78 is 5.24. The fourth-order valence-electron chi connectivity index (χ4n) is 4.89. The maximum atomic E-state index is 13.4. The Hall–Kier alpha value is -3.30. The van der Waals surface area contributed by atoms with E-state index in [0.29, 0.717) is 5.69 Å². The molecule has 2 amide bonds. The van der Waals surface area contributed by atoms with Crippen LogP contribution in [0.2, 0.25) is 0 Å². The van der Waals surface area contributed by atoms with Crippen molar-refractivity contribution in [3.63, 3.8) is 0 Å². The van der Waals surface area contributed by atoms with Crippen molar-refractivity contribution in [2.75, 3.05) is 25.1 Å². The summed E-state index contributed by atoms with van der Waals surface area (Å²) in [4.78, 5) is 38.4. The number of ether oxygens (including phenoxy) is 1. The first kappa shape index (κ1) is 18.7. The van der Waals surface area contributed by atoms with Crippen LogP contribution < -0.4 is 9.64 Å². The minimum atomic E-state index is -0.553. The second-order valence-corrected chi connectivity index (χ2v) is 7.65. The molecule has 3 fully saturated rings. The van der Waals surface area contributed by atoms with Gasteiger partial charge in [-0.25, -0.2) is 14.9 Å². The van der Waals surface area contributed by atoms with Gasteiger partial charge in [0.25, 0.3) is 11.6 Å². The van der Waals surface area contributed by atoms with Gasteiger partial charge in [0.1, 0.15) is 11.8 Å². The molecule has 3 aliphatic rings. The van der Waals surface area contributed by atoms with E-state index in [-0.39, 0.29) is 23.5 Å². The number of non-ortho nitro benzene ring substituents is 1. The molecule has 0 N–H and O–H groups in total. The van der Waals surface area contributed by atoms with Crippen molar-refractivity contribution in [1.82, 2.24) is 10.0 Å². The molecule has 3 atom stereocenters. The highest BCUT2D eigenvalue weighted by molar-refractivity contribution is 6.24. The molecule has 2 aromatic rings. The first-order chi connectivity index (χ1) is 14.5. The molecule has 154 valence electrons. The van der Waals surface area contributed by atoms with Crippen LogP contribution in [0.1, 0.15) is 18.0 Å². The van der Waals surface area contributed by atoms with Gasteiger partial charge in [0.05, 0.1) is 29.7 Å². The number of carbonyl (C=O) groups is 2. The second kappa shape index (κ2) is 6.89. The van der Waals surface area contributed by atoms with Crippen molar-refractivity contribution in [3.05, 3.63) is 64.2 Å². The van der Waals surface area contributed by atoms with Crippen LogP contribution in [0.25, 0.3) is 0 Å². The van der Waals surface area contributed by atoms with Gasteiger partial charge in [-0.2, -0.15) is 0 Å². The lowest BCUT2D eigenvalue weighted by Crippen LogP contribution is -2.44. The number of nitro benzene ring substituents is 1. The van der Waals surface area contributed by atoms with E-state index in [2.05, 4.69) is 5.01 Å². The molecule has 9 nitrogen and oxygen atoms in total. The fourth-order valence-corrected chi connectivity index (χ4v) is 4.89. The Kier molecular flexibility index (Phi) is 4.30. The highest BCUT2D eigenvalue weighted by Crippen LogP contribution is 2.49. The molecule has 3 heterocycles. The van der Waals surface area contributed by atoms with E-state index in [4.69, 9.17) is 4.74 Å². The third kappa shape index (κ3) is 2.62. The lowest BCUT2D eigenvalue weighted by atomic mass is 9.90. The molecule has 0 spiro atoms. The number of anilines is 1. The van der Waals surface area contributed by atoms with Gasteiger partial charge < -0.3 is 4.74 Å². The fraction of sp³-hybridized carbons (Fsp3) is 0.333. The number of benzene rings is 2. The van der Waals surface area contributed by atoms with Gasteiger partial charge in [-0.3, -0.25) is 19.7 Å². The highest BCUT2D eigenvalue weighted by atomic mass is 16.6. The number of nitrogens with zero attached hydrogens (tertiary/aromatic N) is 4. The number of imide groups is 1. The standard InChI is InChI=1S/C21H20N4O5/c1-30-16-9-3-13(4-10-16)18-17-19(23-12-2-11-22(18)23)21(27)24(20(17)26)14-5-7-15(8-6-14)25(28)29/h3-10,17-19H,2,11-12H2,1H3/t17-,18+,19+/m0/s1. The number of methoxy groups -OCH3 is 1. The molecule has 2 aromatic carbocycles. The van der Waals surface area contributed by atoms with E-state index in [0.717, 1.165) is 30.8 Å². The summed E-state index contributed by atoms with van der Waals surface area (Å²) in [5.41, 5.74) is 1.24. The lowest BCUT2D eigenvalue weighted by molar-refractivity contribution is -0.384. The van der Waals surface area contributed by atoms with Crippen molar-refractivity contribution in [1.29, 1.82) is 0 Å². The molecule has 0 aliphatic carbocycles. The average Bonchev–Trinajstić information content (AvgIpc) is 3.40. The number of hydrogen-bond donors (Lipinski definition) is 0. The van der Waals surface area contributed by atoms with E-state index in [1.54, 1.807) is 7.11 Å². The zero-order chi connectivity index (χ0) is 21.0. The molecule has 0 unspecified atom stereocenters. The van der Waals surface area contributed by atoms with Gasteiger partial charge in [0.15, 0.2) is 0 Å². The molecule has 0 aromatic heterocycles. The SMILES string of the molecule is COc1ccc([C@@H]2[C@@H]3C(=O)N(c4ccc([N+](=O)[O-])cc4)C(=O)[C@@H]3N3CCCN23)cc1. The molecule has 0 radical (unpaired) electrons. The number of amides is 2. The van der Waals surface area contributed by atoms with E-state index < -0.39 is 16.9 Å². The van der Waals surface area contributed by atoms with Crippen LogP contribution >= 0.6 is 0 Å². The summed E-state index contributed by atoms with van der Waals surface area (Å²) in [6, 6.07) is 12.4. The van der Waals surface area contributed by atoms with Crippen LogP contribution in [0, 0.1) is 16.0 Å². The number of nitro groups is 1. The van der Waals surface area contributed by atoms with Gasteiger partial charge in [-0.15, -0.1) is 0 Å². The smallest absolute Gasteiger partial charge is 0.269 e. The zero-order valence-corrected chi connectivity index (χ0v) is 16.3. The van der Waals surface area contributed by atoms with Gasteiger partial charge in [0, 0.05) is 25.2 Å². The van der Waals surface area contributed by atoms with Gasteiger partial charge in [-0.1, -0.05) is 12.1 Å². The average molecular weight is 408 g/mol. The molecule has 0 saturated carbocycles. The predicted molar refractivity (Wildman–Crippen MR) is 107 cm³/mol. The maximum absolute atomic E-state index is 13.4. The Morgan fingerprint density at radius 1 is 0.933 bits per heavy atom.